The number of anilines is 1. The third-order valence-corrected chi connectivity index (χ3v) is 5.79. The summed E-state index contributed by atoms with van der Waals surface area (Å²) in [6.45, 7) is 3.08. The number of hydrogen-bond acceptors (Lipinski definition) is 3. The lowest BCUT2D eigenvalue weighted by atomic mass is 10.1. The van der Waals surface area contributed by atoms with E-state index in [4.69, 9.17) is 5.73 Å². The Morgan fingerprint density at radius 1 is 1.20 bits per heavy atom. The zero-order chi connectivity index (χ0) is 21.6. The third kappa shape index (κ3) is 3.51. The maximum absolute atomic E-state index is 13.7. The number of amides is 4. The molecule has 2 heterocycles. The van der Waals surface area contributed by atoms with Gasteiger partial charge in [-0.1, -0.05) is 18.2 Å². The van der Waals surface area contributed by atoms with Crippen molar-refractivity contribution in [2.45, 2.75) is 38.8 Å². The molecule has 1 aliphatic heterocycles. The lowest BCUT2D eigenvalue weighted by Gasteiger charge is -2.26. The minimum absolute atomic E-state index is 0.00135. The molecule has 0 unspecified atom stereocenters. The number of fused-ring (bicyclic) bond motifs is 2. The van der Waals surface area contributed by atoms with Gasteiger partial charge in [-0.25, -0.2) is 14.0 Å². The van der Waals surface area contributed by atoms with Gasteiger partial charge in [0.15, 0.2) is 0 Å². The maximum Gasteiger partial charge on any atom is 0.323 e. The van der Waals surface area contributed by atoms with Gasteiger partial charge in [-0.15, -0.1) is 0 Å². The fourth-order valence-electron chi connectivity index (χ4n) is 4.08. The zero-order valence-corrected chi connectivity index (χ0v) is 16.8. The fraction of sp³-hybridized carbons (Fsp3) is 0.381. The van der Waals surface area contributed by atoms with Crippen molar-refractivity contribution in [3.05, 3.63) is 41.9 Å². The molecule has 9 heteroatoms. The van der Waals surface area contributed by atoms with E-state index in [1.807, 2.05) is 0 Å². The molecule has 4 N–H and O–H groups in total. The first-order valence-corrected chi connectivity index (χ1v) is 9.86. The van der Waals surface area contributed by atoms with Crippen molar-refractivity contribution in [2.24, 2.45) is 11.7 Å². The summed E-state index contributed by atoms with van der Waals surface area (Å²) in [5, 5.41) is 6.08. The number of carbonyl (C=O) groups is 3. The highest BCUT2D eigenvalue weighted by Gasteiger charge is 2.56. The molecule has 1 aromatic heterocycles. The number of hydrogen-bond donors (Lipinski definition) is 3. The molecule has 2 aliphatic rings. The Bertz CT molecular complexity index is 1070. The molecule has 0 radical (unpaired) electrons. The van der Waals surface area contributed by atoms with E-state index in [-0.39, 0.29) is 30.2 Å². The lowest BCUT2D eigenvalue weighted by Crippen LogP contribution is -2.49. The van der Waals surface area contributed by atoms with Gasteiger partial charge in [-0.3, -0.25) is 9.36 Å². The number of nitrogens with one attached hydrogen (secondary N) is 2. The quantitative estimate of drug-likeness (QED) is 0.717. The highest BCUT2D eigenvalue weighted by atomic mass is 19.1. The number of allylic oxidation sites excluding steroid dienone is 1. The van der Waals surface area contributed by atoms with Crippen molar-refractivity contribution >= 4 is 34.6 Å². The summed E-state index contributed by atoms with van der Waals surface area (Å²) in [6.07, 6.45) is 2.89. The molecule has 1 saturated carbocycles. The van der Waals surface area contributed by atoms with Crippen LogP contribution in [-0.2, 0) is 4.79 Å². The minimum Gasteiger partial charge on any atom is -0.351 e. The molecule has 1 aliphatic carbocycles. The molecular weight excluding hydrogens is 389 g/mol. The fourth-order valence-corrected chi connectivity index (χ4v) is 4.08. The van der Waals surface area contributed by atoms with Gasteiger partial charge in [0, 0.05) is 17.6 Å². The molecule has 3 atom stereocenters. The predicted molar refractivity (Wildman–Crippen MR) is 111 cm³/mol. The summed E-state index contributed by atoms with van der Waals surface area (Å²) in [5.74, 6) is -0.471. The number of urea groups is 1. The number of rotatable bonds is 4. The summed E-state index contributed by atoms with van der Waals surface area (Å²) in [5.41, 5.74) is 6.95. The van der Waals surface area contributed by atoms with Crippen molar-refractivity contribution in [2.75, 3.05) is 11.9 Å². The summed E-state index contributed by atoms with van der Waals surface area (Å²) >= 11 is 0. The Balaban J connectivity index is 1.53. The number of para-hydroxylation sites is 1. The number of nitrogens with zero attached hydrogens (tertiary/aromatic N) is 2. The van der Waals surface area contributed by atoms with Crippen LogP contribution in [0.4, 0.5) is 19.7 Å². The van der Waals surface area contributed by atoms with Crippen LogP contribution in [0.2, 0.25) is 0 Å². The Morgan fingerprint density at radius 2 is 1.93 bits per heavy atom. The number of carbonyl (C=O) groups excluding carboxylic acids is 3. The Kier molecular flexibility index (Phi) is 4.97. The summed E-state index contributed by atoms with van der Waals surface area (Å²) in [6, 6.07) is 5.35. The van der Waals surface area contributed by atoms with E-state index in [9.17, 15) is 18.8 Å². The van der Waals surface area contributed by atoms with Gasteiger partial charge in [0.25, 0.3) is 0 Å². The Hall–Kier alpha value is -3.36. The zero-order valence-electron chi connectivity index (χ0n) is 16.8. The molecule has 2 aromatic rings. The number of benzene rings is 1. The molecule has 158 valence electrons. The minimum atomic E-state index is -0.659. The first-order valence-electron chi connectivity index (χ1n) is 9.86. The topological polar surface area (TPSA) is 109 Å². The number of aromatic nitrogens is 1. The molecule has 2 fully saturated rings. The Labute approximate surface area is 172 Å². The highest BCUT2D eigenvalue weighted by molar-refractivity contribution is 6.05. The summed E-state index contributed by atoms with van der Waals surface area (Å²) in [7, 11) is 0. The van der Waals surface area contributed by atoms with Crippen molar-refractivity contribution in [1.82, 2.24) is 14.8 Å². The van der Waals surface area contributed by atoms with Crippen LogP contribution in [0.5, 0.6) is 0 Å². The molecule has 4 rings (SSSR count). The van der Waals surface area contributed by atoms with E-state index >= 15 is 0 Å². The molecule has 0 bridgehead atoms. The van der Waals surface area contributed by atoms with Crippen molar-refractivity contribution in [1.29, 1.82) is 0 Å². The second-order valence-corrected chi connectivity index (χ2v) is 8.04. The van der Waals surface area contributed by atoms with E-state index in [1.54, 1.807) is 38.1 Å². The smallest absolute Gasteiger partial charge is 0.323 e. The number of primary amides is 1. The predicted octanol–water partition coefficient (Wildman–Crippen LogP) is 2.94. The van der Waals surface area contributed by atoms with Crippen molar-refractivity contribution in [3.8, 4) is 0 Å². The van der Waals surface area contributed by atoms with E-state index in [1.165, 1.54) is 15.7 Å². The average molecular weight is 413 g/mol. The number of halogens is 1. The van der Waals surface area contributed by atoms with E-state index < -0.39 is 18.1 Å². The standard InChI is InChI=1S/C21H24FN5O3/c1-11(2)14(22)9-24-19(28)18-8-12-7-17(12)27(18)21(30)25-15-10-26(20(23)29)16-6-4-3-5-13(15)16/h3-6,10,12,17-18H,7-9H2,1-2H3,(H2,23,29)(H,24,28)(H,25,30)/t12-,17-,18+/m1/s1. The van der Waals surface area contributed by atoms with Crippen LogP contribution in [0.3, 0.4) is 0 Å². The number of likely N-dealkylation sites (tertiary alicyclic amines) is 1. The monoisotopic (exact) mass is 413 g/mol. The van der Waals surface area contributed by atoms with Crippen molar-refractivity contribution in [3.63, 3.8) is 0 Å². The largest absolute Gasteiger partial charge is 0.351 e. The first-order chi connectivity index (χ1) is 14.3. The van der Waals surface area contributed by atoms with Crippen LogP contribution in [0.15, 0.2) is 41.9 Å². The number of nitrogens with two attached hydrogens (primary N) is 1. The van der Waals surface area contributed by atoms with Gasteiger partial charge in [0.05, 0.1) is 17.7 Å². The average Bonchev–Trinajstić information content (AvgIpc) is 3.21. The molecular formula is C21H24FN5O3. The van der Waals surface area contributed by atoms with Gasteiger partial charge >= 0.3 is 12.1 Å². The second-order valence-electron chi connectivity index (χ2n) is 8.04. The van der Waals surface area contributed by atoms with Crippen LogP contribution in [-0.4, -0.2) is 46.1 Å². The number of piperidine rings is 1. The van der Waals surface area contributed by atoms with Crippen LogP contribution in [0.1, 0.15) is 26.7 Å². The Morgan fingerprint density at radius 3 is 2.63 bits per heavy atom. The van der Waals surface area contributed by atoms with E-state index in [0.717, 1.165) is 6.42 Å². The van der Waals surface area contributed by atoms with Gasteiger partial charge in [0.2, 0.25) is 5.91 Å². The third-order valence-electron chi connectivity index (χ3n) is 5.79. The van der Waals surface area contributed by atoms with Crippen molar-refractivity contribution < 1.29 is 18.8 Å². The molecule has 30 heavy (non-hydrogen) atoms. The molecule has 1 aromatic carbocycles. The van der Waals surface area contributed by atoms with E-state index in [0.29, 0.717) is 28.6 Å². The molecule has 0 spiro atoms. The van der Waals surface area contributed by atoms with E-state index in [2.05, 4.69) is 10.6 Å². The van der Waals surface area contributed by atoms with Crippen LogP contribution in [0.25, 0.3) is 10.9 Å². The van der Waals surface area contributed by atoms with Crippen LogP contribution < -0.4 is 16.4 Å². The SMILES string of the molecule is CC(C)=C(F)CNC(=O)[C@@H]1C[C@H]2C[C@H]2N1C(=O)Nc1cn(C(N)=O)c2ccccc12. The van der Waals surface area contributed by atoms with Gasteiger partial charge in [-0.05, 0) is 44.2 Å². The molecule has 1 saturated heterocycles. The lowest BCUT2D eigenvalue weighted by molar-refractivity contribution is -0.125. The van der Waals surface area contributed by atoms with Gasteiger partial charge in [-0.2, -0.15) is 0 Å². The van der Waals surface area contributed by atoms with Crippen LogP contribution >= 0.6 is 0 Å². The second kappa shape index (κ2) is 7.47. The van der Waals surface area contributed by atoms with Gasteiger partial charge in [0.1, 0.15) is 11.9 Å². The van der Waals surface area contributed by atoms with Crippen LogP contribution in [0, 0.1) is 5.92 Å². The summed E-state index contributed by atoms with van der Waals surface area (Å²) < 4.78 is 15.0. The maximum atomic E-state index is 13.7. The highest BCUT2D eigenvalue weighted by Crippen LogP contribution is 2.48. The molecule has 4 amide bonds. The first kappa shape index (κ1) is 19.9. The molecule has 8 nitrogen and oxygen atoms in total. The summed E-state index contributed by atoms with van der Waals surface area (Å²) in [4.78, 5) is 38.9. The normalized spacial score (nSPS) is 21.8. The van der Waals surface area contributed by atoms with Gasteiger partial charge < -0.3 is 21.3 Å².